The molecule has 1 aliphatic heterocycles. The number of nitrogens with one attached hydrogen (secondary N) is 2. The highest BCUT2D eigenvalue weighted by atomic mass is 16.6. The molecule has 11 heteroatoms. The Labute approximate surface area is 174 Å². The van der Waals surface area contributed by atoms with Crippen LogP contribution in [-0.4, -0.2) is 35.3 Å². The third-order valence-corrected chi connectivity index (χ3v) is 4.93. The van der Waals surface area contributed by atoms with Gasteiger partial charge in [0.25, 0.3) is 11.2 Å². The van der Waals surface area contributed by atoms with Gasteiger partial charge in [0.05, 0.1) is 10.6 Å². The first kappa shape index (κ1) is 18.4. The molecule has 0 unspecified atom stereocenters. The standard InChI is InChI=1S/C20H14N8O3/c29-19-17-16(15(22-23-19)10-9-12-5-2-1-3-6-12)18(27-20(21-17)24-25-26-27)13-7-4-8-14(11-13)28(30)31/h1-11,18H,(H,23,29)(H,21,24,26)/b10-9+/t18-/m1/s1. The van der Waals surface area contributed by atoms with Gasteiger partial charge in [-0.1, -0.05) is 53.6 Å². The number of nitro benzene ring substituents is 1. The second-order valence-electron chi connectivity index (χ2n) is 6.80. The van der Waals surface area contributed by atoms with Gasteiger partial charge in [-0.15, -0.1) is 0 Å². The lowest BCUT2D eigenvalue weighted by molar-refractivity contribution is -0.384. The molecular formula is C20H14N8O3. The molecular weight excluding hydrogens is 400 g/mol. The van der Waals surface area contributed by atoms with Crippen molar-refractivity contribution < 1.29 is 4.92 Å². The summed E-state index contributed by atoms with van der Waals surface area (Å²) in [5, 5.41) is 32.6. The third-order valence-electron chi connectivity index (χ3n) is 4.93. The second kappa shape index (κ2) is 7.30. The van der Waals surface area contributed by atoms with Gasteiger partial charge in [0, 0.05) is 17.7 Å². The maximum atomic E-state index is 12.6. The van der Waals surface area contributed by atoms with Crippen molar-refractivity contribution in [3.05, 3.63) is 97.4 Å². The molecule has 0 amide bonds. The van der Waals surface area contributed by atoms with Crippen molar-refractivity contribution in [3.63, 3.8) is 0 Å². The van der Waals surface area contributed by atoms with E-state index >= 15 is 0 Å². The zero-order valence-corrected chi connectivity index (χ0v) is 15.8. The summed E-state index contributed by atoms with van der Waals surface area (Å²) in [7, 11) is 0. The van der Waals surface area contributed by atoms with E-state index in [1.807, 2.05) is 36.4 Å². The van der Waals surface area contributed by atoms with Crippen LogP contribution in [0.15, 0.2) is 59.4 Å². The van der Waals surface area contributed by atoms with Crippen LogP contribution in [0.3, 0.4) is 0 Å². The van der Waals surface area contributed by atoms with Crippen LogP contribution in [0, 0.1) is 10.1 Å². The van der Waals surface area contributed by atoms with Crippen molar-refractivity contribution in [2.24, 2.45) is 0 Å². The van der Waals surface area contributed by atoms with Crippen molar-refractivity contribution in [3.8, 4) is 0 Å². The van der Waals surface area contributed by atoms with E-state index in [1.165, 1.54) is 16.8 Å². The molecule has 0 spiro atoms. The predicted octanol–water partition coefficient (Wildman–Crippen LogP) is 2.53. The Hall–Kier alpha value is -4.67. The van der Waals surface area contributed by atoms with Gasteiger partial charge in [-0.2, -0.15) is 9.78 Å². The number of nitrogens with zero attached hydrogens (tertiary/aromatic N) is 6. The van der Waals surface area contributed by atoms with Gasteiger partial charge in [-0.3, -0.25) is 14.9 Å². The molecule has 11 nitrogen and oxygen atoms in total. The van der Waals surface area contributed by atoms with E-state index in [0.717, 1.165) is 5.56 Å². The fourth-order valence-electron chi connectivity index (χ4n) is 3.54. The number of tetrazole rings is 1. The fourth-order valence-corrected chi connectivity index (χ4v) is 3.54. The van der Waals surface area contributed by atoms with E-state index in [-0.39, 0.29) is 17.3 Å². The minimum atomic E-state index is -0.689. The molecule has 1 aliphatic rings. The average Bonchev–Trinajstić information content (AvgIpc) is 3.26. The molecule has 0 fully saturated rings. The number of fused-ring (bicyclic) bond motifs is 2. The number of hydrogen-bond donors (Lipinski definition) is 2. The lowest BCUT2D eigenvalue weighted by atomic mass is 9.94. The largest absolute Gasteiger partial charge is 0.318 e. The highest BCUT2D eigenvalue weighted by Crippen LogP contribution is 2.39. The maximum absolute atomic E-state index is 12.6. The molecule has 0 bridgehead atoms. The maximum Gasteiger partial charge on any atom is 0.288 e. The summed E-state index contributed by atoms with van der Waals surface area (Å²) < 4.78 is 1.47. The predicted molar refractivity (Wildman–Crippen MR) is 112 cm³/mol. The van der Waals surface area contributed by atoms with Crippen LogP contribution in [0.25, 0.3) is 12.2 Å². The van der Waals surface area contributed by atoms with E-state index in [0.29, 0.717) is 16.8 Å². The minimum absolute atomic E-state index is 0.0774. The van der Waals surface area contributed by atoms with Crippen LogP contribution in [0.4, 0.5) is 17.3 Å². The summed E-state index contributed by atoms with van der Waals surface area (Å²) in [5.41, 5.74) is 2.19. The average molecular weight is 414 g/mol. The second-order valence-corrected chi connectivity index (χ2v) is 6.80. The zero-order chi connectivity index (χ0) is 21.4. The van der Waals surface area contributed by atoms with Crippen molar-refractivity contribution in [2.75, 3.05) is 5.32 Å². The number of H-pyrrole nitrogens is 1. The van der Waals surface area contributed by atoms with E-state index in [4.69, 9.17) is 0 Å². The first-order valence-corrected chi connectivity index (χ1v) is 9.27. The van der Waals surface area contributed by atoms with Crippen LogP contribution in [0.5, 0.6) is 0 Å². The number of non-ortho nitro benzene ring substituents is 1. The number of anilines is 2. The monoisotopic (exact) mass is 414 g/mol. The van der Waals surface area contributed by atoms with Gasteiger partial charge < -0.3 is 5.32 Å². The Morgan fingerprint density at radius 2 is 1.94 bits per heavy atom. The number of rotatable bonds is 4. The first-order chi connectivity index (χ1) is 15.1. The van der Waals surface area contributed by atoms with Crippen molar-refractivity contribution in [2.45, 2.75) is 6.04 Å². The molecule has 152 valence electrons. The molecule has 5 rings (SSSR count). The lowest BCUT2D eigenvalue weighted by Gasteiger charge is -2.27. The number of nitro groups is 1. The van der Waals surface area contributed by atoms with Crippen LogP contribution in [0.2, 0.25) is 0 Å². The van der Waals surface area contributed by atoms with Crippen LogP contribution < -0.4 is 10.9 Å². The van der Waals surface area contributed by atoms with Gasteiger partial charge >= 0.3 is 0 Å². The molecule has 0 saturated carbocycles. The molecule has 0 radical (unpaired) electrons. The quantitative estimate of drug-likeness (QED) is 0.337. The summed E-state index contributed by atoms with van der Waals surface area (Å²) in [4.78, 5) is 23.4. The summed E-state index contributed by atoms with van der Waals surface area (Å²) in [5.74, 6) is 0.249. The summed E-state index contributed by atoms with van der Waals surface area (Å²) in [6, 6.07) is 15.1. The van der Waals surface area contributed by atoms with Crippen LogP contribution in [0.1, 0.15) is 28.4 Å². The Morgan fingerprint density at radius 3 is 2.74 bits per heavy atom. The highest BCUT2D eigenvalue weighted by Gasteiger charge is 2.34. The Balaban J connectivity index is 1.72. The third kappa shape index (κ3) is 3.23. The Bertz CT molecular complexity index is 1380. The minimum Gasteiger partial charge on any atom is -0.318 e. The molecule has 2 aromatic carbocycles. The number of aromatic nitrogens is 6. The van der Waals surface area contributed by atoms with E-state index in [1.54, 1.807) is 18.2 Å². The van der Waals surface area contributed by atoms with Gasteiger partial charge in [-0.25, -0.2) is 5.10 Å². The Morgan fingerprint density at radius 1 is 1.10 bits per heavy atom. The van der Waals surface area contributed by atoms with Crippen LogP contribution >= 0.6 is 0 Å². The first-order valence-electron chi connectivity index (χ1n) is 9.27. The zero-order valence-electron chi connectivity index (χ0n) is 15.8. The SMILES string of the molecule is O=c1[nH]nc(/C=C/c2ccccc2)c2c1Nc1nnnn1[C@@H]2c1cccc([N+](=O)[O-])c1. The van der Waals surface area contributed by atoms with Gasteiger partial charge in [0.15, 0.2) is 0 Å². The van der Waals surface area contributed by atoms with E-state index in [2.05, 4.69) is 31.0 Å². The molecule has 31 heavy (non-hydrogen) atoms. The normalized spacial score (nSPS) is 14.6. The Kier molecular flexibility index (Phi) is 4.32. The van der Waals surface area contributed by atoms with E-state index in [9.17, 15) is 14.9 Å². The summed E-state index contributed by atoms with van der Waals surface area (Å²) in [6.07, 6.45) is 3.63. The van der Waals surface area contributed by atoms with Gasteiger partial charge in [0.1, 0.15) is 11.7 Å². The molecule has 1 atom stereocenters. The topological polar surface area (TPSA) is 145 Å². The van der Waals surface area contributed by atoms with Crippen molar-refractivity contribution in [1.29, 1.82) is 0 Å². The van der Waals surface area contributed by atoms with Crippen LogP contribution in [-0.2, 0) is 0 Å². The smallest absolute Gasteiger partial charge is 0.288 e. The molecule has 0 saturated heterocycles. The molecule has 3 heterocycles. The van der Waals surface area contributed by atoms with Crippen molar-refractivity contribution >= 4 is 29.5 Å². The lowest BCUT2D eigenvalue weighted by Crippen LogP contribution is -2.29. The van der Waals surface area contributed by atoms with Gasteiger partial charge in [-0.05, 0) is 27.6 Å². The number of aromatic amines is 1. The molecule has 2 aromatic heterocycles. The summed E-state index contributed by atoms with van der Waals surface area (Å²) >= 11 is 0. The molecule has 0 aliphatic carbocycles. The number of hydrogen-bond acceptors (Lipinski definition) is 8. The van der Waals surface area contributed by atoms with Crippen molar-refractivity contribution in [1.82, 2.24) is 30.4 Å². The molecule has 2 N–H and O–H groups in total. The number of benzene rings is 2. The molecule has 4 aromatic rings. The van der Waals surface area contributed by atoms with E-state index < -0.39 is 16.5 Å². The highest BCUT2D eigenvalue weighted by molar-refractivity contribution is 5.75. The summed E-state index contributed by atoms with van der Waals surface area (Å²) in [6.45, 7) is 0. The fraction of sp³-hybridized carbons (Fsp3) is 0.0500. The van der Waals surface area contributed by atoms with Gasteiger partial charge in [0.2, 0.25) is 5.95 Å².